The van der Waals surface area contributed by atoms with E-state index in [1.165, 1.54) is 0 Å². The van der Waals surface area contributed by atoms with Crippen molar-refractivity contribution in [3.63, 3.8) is 0 Å². The topological polar surface area (TPSA) is 154 Å². The zero-order valence-corrected chi connectivity index (χ0v) is 28.2. The molecule has 2 N–H and O–H groups in total. The van der Waals surface area contributed by atoms with E-state index < -0.39 is 29.4 Å². The maximum atomic E-state index is 13.0. The van der Waals surface area contributed by atoms with Crippen LogP contribution in [0.4, 0.5) is 15.3 Å². The Balaban J connectivity index is 1.45. The molecule has 1 aliphatic heterocycles. The number of aryl methyl sites for hydroxylation is 1. The van der Waals surface area contributed by atoms with Gasteiger partial charge in [0.1, 0.15) is 11.2 Å². The summed E-state index contributed by atoms with van der Waals surface area (Å²) in [5.74, 6) is -0.752. The Labute approximate surface area is 274 Å². The predicted molar refractivity (Wildman–Crippen MR) is 176 cm³/mol. The fraction of sp³-hybridized carbons (Fsp3) is 0.441. The van der Waals surface area contributed by atoms with Crippen molar-refractivity contribution in [2.24, 2.45) is 0 Å². The first kappa shape index (κ1) is 35.0. The highest BCUT2D eigenvalue weighted by molar-refractivity contribution is 6.35. The second-order valence-electron chi connectivity index (χ2n) is 12.9. The number of carbonyl (C=O) groups excluding carboxylic acids is 4. The monoisotopic (exact) mass is 649 g/mol. The lowest BCUT2D eigenvalue weighted by molar-refractivity contribution is -0.110. The number of aromatic nitrogens is 3. The third-order valence-electron chi connectivity index (χ3n) is 6.72. The molecule has 0 saturated heterocycles. The summed E-state index contributed by atoms with van der Waals surface area (Å²) in [6.45, 7) is 14.7. The zero-order valence-electron chi connectivity index (χ0n) is 28.2. The smallest absolute Gasteiger partial charge is 0.419 e. The Hall–Kier alpha value is -4.91. The Morgan fingerprint density at radius 2 is 1.66 bits per heavy atom. The van der Waals surface area contributed by atoms with Gasteiger partial charge in [-0.05, 0) is 85.7 Å². The minimum absolute atomic E-state index is 0.0574. The normalized spacial score (nSPS) is 13.7. The van der Waals surface area contributed by atoms with Crippen molar-refractivity contribution in [3.8, 4) is 11.3 Å². The number of rotatable bonds is 10. The Morgan fingerprint density at radius 1 is 0.979 bits per heavy atom. The number of benzene rings is 1. The molecule has 0 atom stereocenters. The largest absolute Gasteiger partial charge is 0.462 e. The molecular formula is C34H43N5O8. The fourth-order valence-corrected chi connectivity index (χ4v) is 4.79. The van der Waals surface area contributed by atoms with E-state index >= 15 is 0 Å². The summed E-state index contributed by atoms with van der Waals surface area (Å²) in [5, 5.41) is 7.32. The molecule has 0 unspecified atom stereocenters. The summed E-state index contributed by atoms with van der Waals surface area (Å²) < 4.78 is 23.5. The summed E-state index contributed by atoms with van der Waals surface area (Å²) in [7, 11) is 0. The molecule has 2 aromatic heterocycles. The summed E-state index contributed by atoms with van der Waals surface area (Å²) in [6.07, 6.45) is 1.70. The summed E-state index contributed by atoms with van der Waals surface area (Å²) in [6, 6.07) is 9.16. The average molecular weight is 650 g/mol. The first-order chi connectivity index (χ1) is 22.1. The molecule has 47 heavy (non-hydrogen) atoms. The maximum Gasteiger partial charge on any atom is 0.419 e. The number of anilines is 1. The van der Waals surface area contributed by atoms with Crippen LogP contribution in [0, 0.1) is 6.92 Å². The van der Waals surface area contributed by atoms with E-state index in [-0.39, 0.29) is 32.3 Å². The molecular weight excluding hydrogens is 606 g/mol. The summed E-state index contributed by atoms with van der Waals surface area (Å²) >= 11 is 0. The zero-order chi connectivity index (χ0) is 34.5. The molecule has 252 valence electrons. The molecule has 1 aliphatic rings. The van der Waals surface area contributed by atoms with Crippen LogP contribution < -0.4 is 5.32 Å². The van der Waals surface area contributed by atoms with Crippen molar-refractivity contribution in [2.75, 3.05) is 31.7 Å². The highest BCUT2D eigenvalue weighted by Crippen LogP contribution is 2.36. The number of H-pyrrole nitrogens is 1. The lowest BCUT2D eigenvalue weighted by atomic mass is 10.0. The number of imide groups is 1. The number of carbonyl (C=O) groups is 4. The van der Waals surface area contributed by atoms with Gasteiger partial charge in [-0.15, -0.1) is 0 Å². The second kappa shape index (κ2) is 14.2. The third kappa shape index (κ3) is 9.09. The molecule has 1 aromatic carbocycles. The Morgan fingerprint density at radius 3 is 2.30 bits per heavy atom. The molecule has 0 bridgehead atoms. The van der Waals surface area contributed by atoms with Crippen molar-refractivity contribution in [1.82, 2.24) is 19.7 Å². The standard InChI is InChI=1S/C34H43N5O8/c1-9-45-30(41)25-18-21(2)36-27(25)20-24-23-19-22(10-11-26(23)37-29(24)40)28-12-13-35-39(28)15-17-44-16-14-38(31(42)46-33(3,4)5)32(43)47-34(6,7)8/h10-13,18-20,36H,9,14-17H2,1-8H3,(H,37,40)/b24-20-. The lowest BCUT2D eigenvalue weighted by Crippen LogP contribution is -2.45. The highest BCUT2D eigenvalue weighted by atomic mass is 16.6. The number of hydrogen-bond acceptors (Lipinski definition) is 9. The SMILES string of the molecule is CCOC(=O)c1cc(C)[nH]c1/C=C1\C(=O)Nc2ccc(-c3ccnn3CCOCCN(C(=O)OC(C)(C)C)C(=O)OC(C)(C)C)cc21. The van der Waals surface area contributed by atoms with E-state index in [4.69, 9.17) is 18.9 Å². The van der Waals surface area contributed by atoms with Crippen LogP contribution in [0.25, 0.3) is 22.9 Å². The van der Waals surface area contributed by atoms with E-state index in [9.17, 15) is 19.2 Å². The van der Waals surface area contributed by atoms with Gasteiger partial charge in [-0.3, -0.25) is 9.48 Å². The second-order valence-corrected chi connectivity index (χ2v) is 12.9. The van der Waals surface area contributed by atoms with Crippen LogP contribution in [0.1, 0.15) is 75.8 Å². The fourth-order valence-electron chi connectivity index (χ4n) is 4.79. The van der Waals surface area contributed by atoms with Gasteiger partial charge in [-0.1, -0.05) is 6.07 Å². The van der Waals surface area contributed by atoms with Gasteiger partial charge >= 0.3 is 18.2 Å². The minimum Gasteiger partial charge on any atom is -0.462 e. The molecule has 0 spiro atoms. The number of hydrogen-bond donors (Lipinski definition) is 2. The van der Waals surface area contributed by atoms with Crippen LogP contribution in [0.3, 0.4) is 0 Å². The van der Waals surface area contributed by atoms with Gasteiger partial charge in [0.2, 0.25) is 0 Å². The molecule has 13 nitrogen and oxygen atoms in total. The highest BCUT2D eigenvalue weighted by Gasteiger charge is 2.31. The van der Waals surface area contributed by atoms with E-state index in [0.29, 0.717) is 34.6 Å². The molecule has 0 aliphatic carbocycles. The van der Waals surface area contributed by atoms with E-state index in [2.05, 4.69) is 15.4 Å². The van der Waals surface area contributed by atoms with Crippen molar-refractivity contribution in [2.45, 2.75) is 73.1 Å². The van der Waals surface area contributed by atoms with Crippen LogP contribution in [0.15, 0.2) is 36.5 Å². The quantitative estimate of drug-likeness (QED) is 0.116. The molecule has 0 saturated carbocycles. The van der Waals surface area contributed by atoms with Crippen LogP contribution >= 0.6 is 0 Å². The number of ether oxygens (including phenoxy) is 4. The van der Waals surface area contributed by atoms with Crippen LogP contribution in [-0.2, 0) is 30.3 Å². The minimum atomic E-state index is -0.814. The van der Waals surface area contributed by atoms with Crippen molar-refractivity contribution < 1.29 is 38.1 Å². The number of amides is 3. The van der Waals surface area contributed by atoms with Crippen LogP contribution in [0.5, 0.6) is 0 Å². The van der Waals surface area contributed by atoms with Crippen LogP contribution in [0.2, 0.25) is 0 Å². The predicted octanol–water partition coefficient (Wildman–Crippen LogP) is 6.04. The van der Waals surface area contributed by atoms with Gasteiger partial charge in [-0.2, -0.15) is 5.10 Å². The lowest BCUT2D eigenvalue weighted by Gasteiger charge is -2.28. The van der Waals surface area contributed by atoms with Crippen LogP contribution in [-0.4, -0.2) is 81.3 Å². The maximum absolute atomic E-state index is 13.0. The van der Waals surface area contributed by atoms with Gasteiger partial charge in [0.25, 0.3) is 5.91 Å². The molecule has 3 amide bonds. The van der Waals surface area contributed by atoms with Gasteiger partial charge < -0.3 is 29.2 Å². The Kier molecular flexibility index (Phi) is 10.6. The third-order valence-corrected chi connectivity index (χ3v) is 6.72. The first-order valence-electron chi connectivity index (χ1n) is 15.4. The summed E-state index contributed by atoms with van der Waals surface area (Å²) in [5.41, 5.74) is 3.38. The van der Waals surface area contributed by atoms with E-state index in [1.54, 1.807) is 71.5 Å². The first-order valence-corrected chi connectivity index (χ1v) is 15.4. The molecule has 3 aromatic rings. The van der Waals surface area contributed by atoms with Gasteiger partial charge in [0.05, 0.1) is 55.4 Å². The molecule has 13 heteroatoms. The molecule has 3 heterocycles. The van der Waals surface area contributed by atoms with Crippen molar-refractivity contribution in [3.05, 3.63) is 59.0 Å². The van der Waals surface area contributed by atoms with E-state index in [1.807, 2.05) is 31.2 Å². The van der Waals surface area contributed by atoms with Gasteiger partial charge in [-0.25, -0.2) is 19.3 Å². The number of aromatic amines is 1. The van der Waals surface area contributed by atoms with Crippen molar-refractivity contribution >= 4 is 41.4 Å². The molecule has 4 rings (SSSR count). The van der Waals surface area contributed by atoms with Gasteiger partial charge in [0.15, 0.2) is 0 Å². The number of nitrogens with one attached hydrogen (secondary N) is 2. The Bertz CT molecular complexity index is 1640. The van der Waals surface area contributed by atoms with Crippen molar-refractivity contribution in [1.29, 1.82) is 0 Å². The number of nitrogens with zero attached hydrogens (tertiary/aromatic N) is 3. The molecule has 0 fully saturated rings. The van der Waals surface area contributed by atoms with E-state index in [0.717, 1.165) is 21.9 Å². The molecule has 0 radical (unpaired) electrons. The number of esters is 1. The average Bonchev–Trinajstić information content (AvgIpc) is 3.65. The summed E-state index contributed by atoms with van der Waals surface area (Å²) in [4.78, 5) is 55.0. The number of fused-ring (bicyclic) bond motifs is 1. The van der Waals surface area contributed by atoms with Gasteiger partial charge in [0, 0.05) is 28.7 Å².